The van der Waals surface area contributed by atoms with Crippen LogP contribution in [0.1, 0.15) is 11.3 Å². The lowest BCUT2D eigenvalue weighted by atomic mass is 10.2. The first-order chi connectivity index (χ1) is 7.84. The van der Waals surface area contributed by atoms with E-state index in [1.807, 2.05) is 48.5 Å². The summed E-state index contributed by atoms with van der Waals surface area (Å²) in [4.78, 5) is 3.99. The van der Waals surface area contributed by atoms with Crippen molar-refractivity contribution in [3.63, 3.8) is 0 Å². The Balaban J connectivity index is 1.69. The minimum Gasteiger partial charge on any atom is -0.311 e. The van der Waals surface area contributed by atoms with Crippen molar-refractivity contribution in [3.05, 3.63) is 48.0 Å². The minimum atomic E-state index is 0.825. The quantitative estimate of drug-likeness (QED) is 0.762. The Morgan fingerprint density at radius 2 is 2.06 bits per heavy atom. The van der Waals surface area contributed by atoms with Crippen molar-refractivity contribution >= 4 is 0 Å². The van der Waals surface area contributed by atoms with E-state index in [1.54, 1.807) is 0 Å². The number of rotatable bonds is 5. The van der Waals surface area contributed by atoms with Crippen LogP contribution in [-0.4, -0.2) is 21.3 Å². The second kappa shape index (κ2) is 5.42. The Morgan fingerprint density at radius 1 is 1.25 bits per heavy atom. The van der Waals surface area contributed by atoms with Gasteiger partial charge in [-0.2, -0.15) is 5.10 Å². The van der Waals surface area contributed by atoms with Crippen molar-refractivity contribution in [1.82, 2.24) is 20.1 Å². The van der Waals surface area contributed by atoms with E-state index in [0.717, 1.165) is 25.2 Å². The summed E-state index contributed by atoms with van der Waals surface area (Å²) in [6, 6.07) is 6.12. The molecule has 0 aromatic carbocycles. The van der Waals surface area contributed by atoms with Crippen LogP contribution >= 0.6 is 0 Å². The van der Waals surface area contributed by atoms with Gasteiger partial charge in [-0.25, -0.2) is 0 Å². The van der Waals surface area contributed by atoms with Crippen molar-refractivity contribution in [2.45, 2.75) is 13.0 Å². The Labute approximate surface area is 95.3 Å². The van der Waals surface area contributed by atoms with Gasteiger partial charge in [-0.1, -0.05) is 0 Å². The molecule has 0 radical (unpaired) electrons. The third-order valence-electron chi connectivity index (χ3n) is 2.41. The second-order valence-corrected chi connectivity index (χ2v) is 3.76. The number of nitrogens with zero attached hydrogens (tertiary/aromatic N) is 3. The van der Waals surface area contributed by atoms with E-state index in [2.05, 4.69) is 15.4 Å². The van der Waals surface area contributed by atoms with E-state index < -0.39 is 0 Å². The maximum atomic E-state index is 4.30. The highest BCUT2D eigenvalue weighted by Crippen LogP contribution is 1.97. The molecule has 0 unspecified atom stereocenters. The lowest BCUT2D eigenvalue weighted by Crippen LogP contribution is -2.17. The molecule has 0 bridgehead atoms. The zero-order chi connectivity index (χ0) is 11.2. The Hall–Kier alpha value is -1.68. The van der Waals surface area contributed by atoms with Gasteiger partial charge in [0.25, 0.3) is 0 Å². The molecule has 0 saturated carbocycles. The molecular formula is C12H16N4. The molecule has 0 spiro atoms. The van der Waals surface area contributed by atoms with Crippen LogP contribution in [-0.2, 0) is 20.0 Å². The van der Waals surface area contributed by atoms with Gasteiger partial charge in [-0.15, -0.1) is 0 Å². The van der Waals surface area contributed by atoms with Crippen LogP contribution in [0.15, 0.2) is 36.8 Å². The second-order valence-electron chi connectivity index (χ2n) is 3.76. The van der Waals surface area contributed by atoms with Crippen molar-refractivity contribution in [3.8, 4) is 0 Å². The van der Waals surface area contributed by atoms with Crippen LogP contribution in [0.5, 0.6) is 0 Å². The molecule has 2 aromatic heterocycles. The summed E-state index contributed by atoms with van der Waals surface area (Å²) in [7, 11) is 1.93. The van der Waals surface area contributed by atoms with Gasteiger partial charge in [0.15, 0.2) is 0 Å². The fourth-order valence-corrected chi connectivity index (χ4v) is 1.56. The van der Waals surface area contributed by atoms with Crippen LogP contribution in [0.25, 0.3) is 0 Å². The molecule has 0 saturated heterocycles. The molecule has 0 aliphatic carbocycles. The Morgan fingerprint density at radius 3 is 2.75 bits per heavy atom. The number of aromatic nitrogens is 3. The molecule has 2 heterocycles. The molecule has 2 rings (SSSR count). The normalized spacial score (nSPS) is 10.6. The third kappa shape index (κ3) is 3.17. The summed E-state index contributed by atoms with van der Waals surface area (Å²) in [5.41, 5.74) is 2.39. The minimum absolute atomic E-state index is 0.825. The first-order valence-corrected chi connectivity index (χ1v) is 5.43. The monoisotopic (exact) mass is 216 g/mol. The summed E-state index contributed by atoms with van der Waals surface area (Å²) in [6.07, 6.45) is 6.64. The number of hydrogen-bond acceptors (Lipinski definition) is 3. The molecule has 2 aromatic rings. The van der Waals surface area contributed by atoms with Crippen molar-refractivity contribution in [2.24, 2.45) is 7.05 Å². The Bertz CT molecular complexity index is 422. The summed E-state index contributed by atoms with van der Waals surface area (Å²) in [6.45, 7) is 1.78. The molecule has 84 valence electrons. The zero-order valence-corrected chi connectivity index (χ0v) is 9.43. The van der Waals surface area contributed by atoms with Crippen LogP contribution in [0.3, 0.4) is 0 Å². The molecule has 4 heteroatoms. The van der Waals surface area contributed by atoms with Crippen molar-refractivity contribution < 1.29 is 0 Å². The smallest absolute Gasteiger partial charge is 0.0762 e. The summed E-state index contributed by atoms with van der Waals surface area (Å²) in [5, 5.41) is 7.67. The van der Waals surface area contributed by atoms with Gasteiger partial charge in [0, 0.05) is 32.2 Å². The molecule has 0 amide bonds. The van der Waals surface area contributed by atoms with Gasteiger partial charge < -0.3 is 5.32 Å². The predicted octanol–water partition coefficient (Wildman–Crippen LogP) is 1.15. The van der Waals surface area contributed by atoms with E-state index in [-0.39, 0.29) is 0 Å². The summed E-state index contributed by atoms with van der Waals surface area (Å²) < 4.78 is 1.82. The van der Waals surface area contributed by atoms with Gasteiger partial charge in [0.05, 0.1) is 5.69 Å². The van der Waals surface area contributed by atoms with Crippen LogP contribution in [0.4, 0.5) is 0 Å². The highest BCUT2D eigenvalue weighted by atomic mass is 15.3. The molecule has 4 nitrogen and oxygen atoms in total. The lowest BCUT2D eigenvalue weighted by molar-refractivity contribution is 0.654. The number of hydrogen-bond donors (Lipinski definition) is 1. The molecule has 0 aliphatic heterocycles. The summed E-state index contributed by atoms with van der Waals surface area (Å²) >= 11 is 0. The maximum Gasteiger partial charge on any atom is 0.0762 e. The molecule has 0 aliphatic rings. The topological polar surface area (TPSA) is 42.7 Å². The fourth-order valence-electron chi connectivity index (χ4n) is 1.56. The molecule has 0 fully saturated rings. The van der Waals surface area contributed by atoms with Crippen LogP contribution in [0, 0.1) is 0 Å². The maximum absolute atomic E-state index is 4.30. The van der Waals surface area contributed by atoms with Crippen LogP contribution < -0.4 is 5.32 Å². The van der Waals surface area contributed by atoms with E-state index >= 15 is 0 Å². The van der Waals surface area contributed by atoms with Gasteiger partial charge in [0.1, 0.15) is 0 Å². The molecule has 16 heavy (non-hydrogen) atoms. The van der Waals surface area contributed by atoms with Crippen LogP contribution in [0.2, 0.25) is 0 Å². The zero-order valence-electron chi connectivity index (χ0n) is 9.43. The number of aryl methyl sites for hydroxylation is 1. The van der Waals surface area contributed by atoms with E-state index in [9.17, 15) is 0 Å². The van der Waals surface area contributed by atoms with E-state index in [1.165, 1.54) is 5.56 Å². The van der Waals surface area contributed by atoms with Gasteiger partial charge in [-0.05, 0) is 36.7 Å². The largest absolute Gasteiger partial charge is 0.311 e. The van der Waals surface area contributed by atoms with Crippen molar-refractivity contribution in [1.29, 1.82) is 0 Å². The SMILES string of the molecule is Cn1ccc(CNCCc2ccncc2)n1. The molecular weight excluding hydrogens is 200 g/mol. The highest BCUT2D eigenvalue weighted by molar-refractivity contribution is 5.09. The summed E-state index contributed by atoms with van der Waals surface area (Å²) in [5.74, 6) is 0. The highest BCUT2D eigenvalue weighted by Gasteiger charge is 1.96. The lowest BCUT2D eigenvalue weighted by Gasteiger charge is -2.02. The Kier molecular flexibility index (Phi) is 3.66. The van der Waals surface area contributed by atoms with Gasteiger partial charge >= 0.3 is 0 Å². The predicted molar refractivity (Wildman–Crippen MR) is 62.9 cm³/mol. The fraction of sp³-hybridized carbons (Fsp3) is 0.333. The van der Waals surface area contributed by atoms with E-state index in [4.69, 9.17) is 0 Å². The standard InChI is InChI=1S/C12H16N4/c1-16-9-5-12(15-16)10-14-8-4-11-2-6-13-7-3-11/h2-3,5-7,9,14H,4,8,10H2,1H3. The first-order valence-electron chi connectivity index (χ1n) is 5.43. The van der Waals surface area contributed by atoms with Gasteiger partial charge in [0.2, 0.25) is 0 Å². The van der Waals surface area contributed by atoms with E-state index in [0.29, 0.717) is 0 Å². The number of pyridine rings is 1. The first kappa shape index (κ1) is 10.8. The average molecular weight is 216 g/mol. The third-order valence-corrected chi connectivity index (χ3v) is 2.41. The average Bonchev–Trinajstić information content (AvgIpc) is 2.72. The molecule has 0 atom stereocenters. The molecule has 1 N–H and O–H groups in total. The number of nitrogens with one attached hydrogen (secondary N) is 1. The van der Waals surface area contributed by atoms with Gasteiger partial charge in [-0.3, -0.25) is 9.67 Å². The van der Waals surface area contributed by atoms with Crippen molar-refractivity contribution in [2.75, 3.05) is 6.54 Å².